The van der Waals surface area contributed by atoms with Crippen LogP contribution < -0.4 is 0 Å². The summed E-state index contributed by atoms with van der Waals surface area (Å²) in [5.74, 6) is 0.319. The van der Waals surface area contributed by atoms with Crippen molar-refractivity contribution in [2.24, 2.45) is 0 Å². The van der Waals surface area contributed by atoms with Crippen molar-refractivity contribution in [3.8, 4) is 6.07 Å². The Morgan fingerprint density at radius 3 is 2.71 bits per heavy atom. The number of rotatable bonds is 3. The minimum Gasteiger partial charge on any atom is -0.379 e. The summed E-state index contributed by atoms with van der Waals surface area (Å²) >= 11 is 1.53. The van der Waals surface area contributed by atoms with E-state index in [1.54, 1.807) is 0 Å². The second kappa shape index (κ2) is 5.58. The molecule has 17 heavy (non-hydrogen) atoms. The number of nitrogens with zero attached hydrogens (tertiary/aromatic N) is 3. The Bertz CT molecular complexity index is 416. The van der Waals surface area contributed by atoms with Crippen molar-refractivity contribution in [2.75, 3.05) is 26.3 Å². The van der Waals surface area contributed by atoms with Gasteiger partial charge in [0.25, 0.3) is 0 Å². The molecule has 0 amide bonds. The van der Waals surface area contributed by atoms with Gasteiger partial charge in [-0.15, -0.1) is 11.3 Å². The predicted molar refractivity (Wildman–Crippen MR) is 67.0 cm³/mol. The van der Waals surface area contributed by atoms with E-state index in [4.69, 9.17) is 10.00 Å². The highest BCUT2D eigenvalue weighted by Crippen LogP contribution is 2.25. The summed E-state index contributed by atoms with van der Waals surface area (Å²) in [7, 11) is 0. The second-order valence-corrected chi connectivity index (χ2v) is 5.56. The SMILES string of the molecule is CC(C)c1nc(CN2CCOCC2)sc1C#N. The molecule has 1 aliphatic heterocycles. The fourth-order valence-electron chi connectivity index (χ4n) is 1.87. The molecule has 0 bridgehead atoms. The smallest absolute Gasteiger partial charge is 0.128 e. The summed E-state index contributed by atoms with van der Waals surface area (Å²) < 4.78 is 5.31. The molecule has 0 radical (unpaired) electrons. The quantitative estimate of drug-likeness (QED) is 0.824. The number of hydrogen-bond donors (Lipinski definition) is 0. The largest absolute Gasteiger partial charge is 0.379 e. The van der Waals surface area contributed by atoms with Gasteiger partial charge in [-0.2, -0.15) is 5.26 Å². The van der Waals surface area contributed by atoms with E-state index in [2.05, 4.69) is 29.8 Å². The molecular weight excluding hydrogens is 234 g/mol. The third-order valence-electron chi connectivity index (χ3n) is 2.81. The monoisotopic (exact) mass is 251 g/mol. The molecule has 0 aliphatic carbocycles. The molecule has 1 fully saturated rings. The van der Waals surface area contributed by atoms with E-state index in [1.807, 2.05) is 0 Å². The molecule has 0 aromatic carbocycles. The lowest BCUT2D eigenvalue weighted by Gasteiger charge is -2.25. The minimum absolute atomic E-state index is 0.319. The molecule has 0 spiro atoms. The maximum Gasteiger partial charge on any atom is 0.128 e. The molecule has 4 nitrogen and oxygen atoms in total. The van der Waals surface area contributed by atoms with Crippen molar-refractivity contribution in [1.29, 1.82) is 5.26 Å². The van der Waals surface area contributed by atoms with Gasteiger partial charge in [0.2, 0.25) is 0 Å². The summed E-state index contributed by atoms with van der Waals surface area (Å²) in [6.45, 7) is 8.51. The molecule has 2 heterocycles. The summed E-state index contributed by atoms with van der Waals surface area (Å²) in [5, 5.41) is 10.1. The van der Waals surface area contributed by atoms with Gasteiger partial charge in [0, 0.05) is 13.1 Å². The number of thiazole rings is 1. The van der Waals surface area contributed by atoms with Crippen LogP contribution in [0.3, 0.4) is 0 Å². The zero-order valence-electron chi connectivity index (χ0n) is 10.3. The number of nitriles is 1. The van der Waals surface area contributed by atoms with E-state index >= 15 is 0 Å². The number of aromatic nitrogens is 1. The first-order valence-electron chi connectivity index (χ1n) is 5.90. The van der Waals surface area contributed by atoms with E-state index < -0.39 is 0 Å². The molecule has 5 heteroatoms. The molecule has 1 aromatic rings. The van der Waals surface area contributed by atoms with Gasteiger partial charge < -0.3 is 4.74 Å². The Balaban J connectivity index is 2.08. The van der Waals surface area contributed by atoms with Gasteiger partial charge >= 0.3 is 0 Å². The van der Waals surface area contributed by atoms with Crippen LogP contribution in [0.1, 0.15) is 35.3 Å². The van der Waals surface area contributed by atoms with Crippen LogP contribution in [0.4, 0.5) is 0 Å². The van der Waals surface area contributed by atoms with E-state index in [0.717, 1.165) is 48.4 Å². The summed E-state index contributed by atoms with van der Waals surface area (Å²) in [6.07, 6.45) is 0. The van der Waals surface area contributed by atoms with E-state index in [9.17, 15) is 0 Å². The highest BCUT2D eigenvalue weighted by Gasteiger charge is 2.17. The summed E-state index contributed by atoms with van der Waals surface area (Å²) in [6, 6.07) is 2.25. The molecule has 2 rings (SSSR count). The standard InChI is InChI=1S/C12H17N3OS/c1-9(2)12-10(7-13)17-11(14-12)8-15-3-5-16-6-4-15/h9H,3-6,8H2,1-2H3. The molecule has 0 unspecified atom stereocenters. The molecular formula is C12H17N3OS. The number of hydrogen-bond acceptors (Lipinski definition) is 5. The lowest BCUT2D eigenvalue weighted by Crippen LogP contribution is -2.35. The van der Waals surface area contributed by atoms with Crippen molar-refractivity contribution in [1.82, 2.24) is 9.88 Å². The topological polar surface area (TPSA) is 49.2 Å². The molecule has 0 atom stereocenters. The Morgan fingerprint density at radius 2 is 2.18 bits per heavy atom. The molecule has 1 aromatic heterocycles. The summed E-state index contributed by atoms with van der Waals surface area (Å²) in [5.41, 5.74) is 0.945. The zero-order chi connectivity index (χ0) is 12.3. The first kappa shape index (κ1) is 12.5. The van der Waals surface area contributed by atoms with E-state index in [1.165, 1.54) is 11.3 Å². The maximum absolute atomic E-state index is 9.07. The maximum atomic E-state index is 9.07. The lowest BCUT2D eigenvalue weighted by molar-refractivity contribution is 0.0341. The van der Waals surface area contributed by atoms with Crippen LogP contribution in [0.25, 0.3) is 0 Å². The Kier molecular flexibility index (Phi) is 4.11. The summed E-state index contributed by atoms with van der Waals surface area (Å²) in [4.78, 5) is 7.68. The Labute approximate surface area is 106 Å². The van der Waals surface area contributed by atoms with Crippen LogP contribution in [-0.2, 0) is 11.3 Å². The number of ether oxygens (including phenoxy) is 1. The van der Waals surface area contributed by atoms with Crippen molar-refractivity contribution < 1.29 is 4.74 Å². The van der Waals surface area contributed by atoms with Crippen LogP contribution in [0, 0.1) is 11.3 Å². The molecule has 1 saturated heterocycles. The zero-order valence-corrected chi connectivity index (χ0v) is 11.1. The van der Waals surface area contributed by atoms with Crippen molar-refractivity contribution in [3.05, 3.63) is 15.6 Å². The highest BCUT2D eigenvalue weighted by atomic mass is 32.1. The fraction of sp³-hybridized carbons (Fsp3) is 0.667. The Hall–Kier alpha value is -0.960. The van der Waals surface area contributed by atoms with E-state index in [0.29, 0.717) is 5.92 Å². The van der Waals surface area contributed by atoms with Crippen molar-refractivity contribution in [3.63, 3.8) is 0 Å². The van der Waals surface area contributed by atoms with Gasteiger partial charge in [0.15, 0.2) is 0 Å². The van der Waals surface area contributed by atoms with Gasteiger partial charge in [0.1, 0.15) is 16.0 Å². The molecule has 0 saturated carbocycles. The van der Waals surface area contributed by atoms with Gasteiger partial charge in [-0.25, -0.2) is 4.98 Å². The average Bonchev–Trinajstić information content (AvgIpc) is 2.73. The molecule has 92 valence electrons. The minimum atomic E-state index is 0.319. The third-order valence-corrected chi connectivity index (χ3v) is 3.77. The number of morpholine rings is 1. The van der Waals surface area contributed by atoms with Crippen LogP contribution >= 0.6 is 11.3 Å². The molecule has 0 N–H and O–H groups in total. The van der Waals surface area contributed by atoms with Gasteiger partial charge in [0.05, 0.1) is 25.5 Å². The second-order valence-electron chi connectivity index (χ2n) is 4.48. The van der Waals surface area contributed by atoms with Gasteiger partial charge in [-0.1, -0.05) is 13.8 Å². The predicted octanol–water partition coefficient (Wildman–Crippen LogP) is 1.97. The van der Waals surface area contributed by atoms with Crippen molar-refractivity contribution >= 4 is 11.3 Å². The van der Waals surface area contributed by atoms with Crippen LogP contribution in [0.15, 0.2) is 0 Å². The lowest BCUT2D eigenvalue weighted by atomic mass is 10.1. The van der Waals surface area contributed by atoms with Crippen molar-refractivity contribution in [2.45, 2.75) is 26.3 Å². The van der Waals surface area contributed by atoms with Gasteiger partial charge in [-0.3, -0.25) is 4.90 Å². The molecule has 1 aliphatic rings. The van der Waals surface area contributed by atoms with Gasteiger partial charge in [-0.05, 0) is 5.92 Å². The van der Waals surface area contributed by atoms with Crippen LogP contribution in [0.5, 0.6) is 0 Å². The van der Waals surface area contributed by atoms with E-state index in [-0.39, 0.29) is 0 Å². The normalized spacial score (nSPS) is 17.3. The average molecular weight is 251 g/mol. The fourth-order valence-corrected chi connectivity index (χ4v) is 2.93. The van der Waals surface area contributed by atoms with Crippen LogP contribution in [-0.4, -0.2) is 36.2 Å². The third kappa shape index (κ3) is 3.03. The first-order valence-corrected chi connectivity index (χ1v) is 6.72. The van der Waals surface area contributed by atoms with Crippen LogP contribution in [0.2, 0.25) is 0 Å². The Morgan fingerprint density at radius 1 is 1.47 bits per heavy atom. The highest BCUT2D eigenvalue weighted by molar-refractivity contribution is 7.12. The first-order chi connectivity index (χ1) is 8.20.